The molecular weight excluding hydrogens is 438 g/mol. The Morgan fingerprint density at radius 2 is 1.64 bits per heavy atom. The normalized spacial score (nSPS) is 19.5. The molecule has 33 heavy (non-hydrogen) atoms. The lowest BCUT2D eigenvalue weighted by Crippen LogP contribution is -2.29. The number of halogens is 1. The van der Waals surface area contributed by atoms with Crippen molar-refractivity contribution in [1.29, 1.82) is 0 Å². The summed E-state index contributed by atoms with van der Waals surface area (Å²) in [7, 11) is 0. The molecule has 166 valence electrons. The Kier molecular flexibility index (Phi) is 5.43. The van der Waals surface area contributed by atoms with Crippen LogP contribution in [0.1, 0.15) is 41.1 Å². The van der Waals surface area contributed by atoms with Gasteiger partial charge in [0.2, 0.25) is 0 Å². The van der Waals surface area contributed by atoms with Crippen molar-refractivity contribution in [3.8, 4) is 5.75 Å². The summed E-state index contributed by atoms with van der Waals surface area (Å²) in [4.78, 5) is 27.7. The summed E-state index contributed by atoms with van der Waals surface area (Å²) in [6.45, 7) is 0. The molecule has 1 heterocycles. The minimum Gasteiger partial charge on any atom is -0.508 e. The number of aliphatic hydroxyl groups is 1. The third-order valence-corrected chi connectivity index (χ3v) is 6.61. The van der Waals surface area contributed by atoms with Crippen LogP contribution in [0.3, 0.4) is 0 Å². The molecule has 2 aliphatic rings. The van der Waals surface area contributed by atoms with E-state index in [-0.39, 0.29) is 17.1 Å². The van der Waals surface area contributed by atoms with Crippen molar-refractivity contribution in [3.63, 3.8) is 0 Å². The number of phenolic OH excluding ortho intramolecular Hbond substituents is 1. The number of rotatable bonds is 3. The molecule has 5 nitrogen and oxygen atoms in total. The minimum absolute atomic E-state index is 0.00275. The largest absolute Gasteiger partial charge is 0.508 e. The number of Topliss-reactive ketones (excluding diaryl/α,β-unsaturated/α-hetero) is 1. The number of hydrogen-bond donors (Lipinski definition) is 2. The molecule has 1 amide bonds. The second-order valence-electron chi connectivity index (χ2n) is 8.43. The van der Waals surface area contributed by atoms with E-state index >= 15 is 0 Å². The van der Waals surface area contributed by atoms with E-state index < -0.39 is 17.7 Å². The van der Waals surface area contributed by atoms with Crippen LogP contribution in [0.15, 0.2) is 72.3 Å². The van der Waals surface area contributed by atoms with Gasteiger partial charge in [0.25, 0.3) is 11.7 Å². The summed E-state index contributed by atoms with van der Waals surface area (Å²) in [6.07, 6.45) is 4.15. The molecule has 1 aliphatic carbocycles. The summed E-state index contributed by atoms with van der Waals surface area (Å²) < 4.78 is 0. The van der Waals surface area contributed by atoms with E-state index in [0.717, 1.165) is 31.2 Å². The monoisotopic (exact) mass is 459 g/mol. The van der Waals surface area contributed by atoms with Crippen LogP contribution in [-0.4, -0.2) is 21.9 Å². The highest BCUT2D eigenvalue weighted by molar-refractivity contribution is 6.51. The lowest BCUT2D eigenvalue weighted by atomic mass is 9.88. The number of phenols is 1. The van der Waals surface area contributed by atoms with Crippen LogP contribution in [0, 0.1) is 0 Å². The predicted molar refractivity (Wildman–Crippen MR) is 127 cm³/mol. The third-order valence-electron chi connectivity index (χ3n) is 6.36. The highest BCUT2D eigenvalue weighted by Crippen LogP contribution is 2.43. The molecule has 1 fully saturated rings. The summed E-state index contributed by atoms with van der Waals surface area (Å²) in [5.41, 5.74) is 3.91. The number of aromatic hydroxyl groups is 1. The van der Waals surface area contributed by atoms with E-state index in [1.807, 2.05) is 12.1 Å². The van der Waals surface area contributed by atoms with Gasteiger partial charge in [-0.25, -0.2) is 0 Å². The van der Waals surface area contributed by atoms with Gasteiger partial charge in [0.1, 0.15) is 11.5 Å². The Balaban J connectivity index is 1.70. The van der Waals surface area contributed by atoms with E-state index in [0.29, 0.717) is 21.8 Å². The molecule has 0 saturated carbocycles. The molecule has 1 atom stereocenters. The molecule has 1 saturated heterocycles. The van der Waals surface area contributed by atoms with Gasteiger partial charge in [0.15, 0.2) is 0 Å². The van der Waals surface area contributed by atoms with Crippen LogP contribution in [0.5, 0.6) is 5.75 Å². The van der Waals surface area contributed by atoms with Crippen LogP contribution in [0.25, 0.3) is 5.76 Å². The van der Waals surface area contributed by atoms with Gasteiger partial charge in [-0.3, -0.25) is 14.5 Å². The van der Waals surface area contributed by atoms with Gasteiger partial charge in [0, 0.05) is 16.3 Å². The number of ketones is 1. The maximum absolute atomic E-state index is 13.2. The number of hydrogen-bond acceptors (Lipinski definition) is 4. The average molecular weight is 460 g/mol. The zero-order valence-corrected chi connectivity index (χ0v) is 18.5. The van der Waals surface area contributed by atoms with E-state index in [1.54, 1.807) is 42.5 Å². The number of benzene rings is 3. The number of aryl methyl sites for hydroxylation is 2. The quantitative estimate of drug-likeness (QED) is 0.306. The van der Waals surface area contributed by atoms with Crippen molar-refractivity contribution in [2.75, 3.05) is 4.90 Å². The number of nitrogens with zero attached hydrogens (tertiary/aromatic N) is 1. The fraction of sp³-hybridized carbons (Fsp3) is 0.185. The highest BCUT2D eigenvalue weighted by atomic mass is 35.5. The third kappa shape index (κ3) is 3.79. The van der Waals surface area contributed by atoms with Gasteiger partial charge in [-0.1, -0.05) is 35.9 Å². The van der Waals surface area contributed by atoms with Crippen LogP contribution in [0.2, 0.25) is 5.02 Å². The average Bonchev–Trinajstić information content (AvgIpc) is 3.09. The predicted octanol–water partition coefficient (Wildman–Crippen LogP) is 5.55. The van der Waals surface area contributed by atoms with Crippen LogP contribution >= 0.6 is 11.6 Å². The Morgan fingerprint density at radius 1 is 0.909 bits per heavy atom. The molecule has 0 spiro atoms. The molecule has 2 N–H and O–H groups in total. The van der Waals surface area contributed by atoms with Crippen molar-refractivity contribution < 1.29 is 19.8 Å². The molecule has 0 aromatic heterocycles. The fourth-order valence-electron chi connectivity index (χ4n) is 4.75. The van der Waals surface area contributed by atoms with Crippen molar-refractivity contribution in [1.82, 2.24) is 0 Å². The molecular formula is C27H22ClNO4. The van der Waals surface area contributed by atoms with Gasteiger partial charge in [-0.05, 0) is 84.8 Å². The molecule has 6 heteroatoms. The molecule has 0 radical (unpaired) electrons. The maximum atomic E-state index is 13.2. The van der Waals surface area contributed by atoms with Crippen molar-refractivity contribution >= 4 is 34.7 Å². The number of carbonyl (C=O) groups excluding carboxylic acids is 2. The van der Waals surface area contributed by atoms with Gasteiger partial charge in [-0.2, -0.15) is 0 Å². The van der Waals surface area contributed by atoms with E-state index in [4.69, 9.17) is 11.6 Å². The fourth-order valence-corrected chi connectivity index (χ4v) is 4.87. The molecule has 5 rings (SSSR count). The van der Waals surface area contributed by atoms with Crippen LogP contribution < -0.4 is 4.90 Å². The first-order chi connectivity index (χ1) is 15.9. The maximum Gasteiger partial charge on any atom is 0.300 e. The number of amides is 1. The standard InChI is InChI=1S/C27H22ClNO4/c28-20-10-12-21(13-11-20)29-24(18-6-3-7-22(30)15-18)23(26(32)27(29)33)25(31)19-9-8-16-4-1-2-5-17(16)14-19/h3,6-15,24,30-31H,1-2,4-5H2/b25-23-. The lowest BCUT2D eigenvalue weighted by Gasteiger charge is -2.25. The molecule has 1 unspecified atom stereocenters. The van der Waals surface area contributed by atoms with Gasteiger partial charge in [0.05, 0.1) is 11.6 Å². The first-order valence-electron chi connectivity index (χ1n) is 10.9. The van der Waals surface area contributed by atoms with Gasteiger partial charge >= 0.3 is 0 Å². The SMILES string of the molecule is O=C1C(=O)N(c2ccc(Cl)cc2)C(c2cccc(O)c2)/C1=C(/O)c1ccc2c(c1)CCCC2. The molecule has 0 bridgehead atoms. The van der Waals surface area contributed by atoms with Gasteiger partial charge in [-0.15, -0.1) is 0 Å². The van der Waals surface area contributed by atoms with E-state index in [2.05, 4.69) is 0 Å². The summed E-state index contributed by atoms with van der Waals surface area (Å²) in [5, 5.41) is 21.9. The summed E-state index contributed by atoms with van der Waals surface area (Å²) >= 11 is 6.02. The smallest absolute Gasteiger partial charge is 0.300 e. The van der Waals surface area contributed by atoms with E-state index in [1.165, 1.54) is 22.6 Å². The number of anilines is 1. The Labute approximate surface area is 196 Å². The zero-order valence-electron chi connectivity index (χ0n) is 17.8. The second kappa shape index (κ2) is 8.41. The second-order valence-corrected chi connectivity index (χ2v) is 8.87. The first-order valence-corrected chi connectivity index (χ1v) is 11.3. The zero-order chi connectivity index (χ0) is 23.1. The Hall–Kier alpha value is -3.57. The summed E-state index contributed by atoms with van der Waals surface area (Å²) in [5.74, 6) is -1.73. The van der Waals surface area contributed by atoms with Crippen LogP contribution in [0.4, 0.5) is 5.69 Å². The summed E-state index contributed by atoms with van der Waals surface area (Å²) in [6, 6.07) is 17.8. The minimum atomic E-state index is -0.894. The number of carbonyl (C=O) groups is 2. The Bertz CT molecular complexity index is 1300. The topological polar surface area (TPSA) is 77.8 Å². The molecule has 1 aliphatic heterocycles. The lowest BCUT2D eigenvalue weighted by molar-refractivity contribution is -0.132. The highest BCUT2D eigenvalue weighted by Gasteiger charge is 2.47. The first kappa shape index (κ1) is 21.3. The van der Waals surface area contributed by atoms with E-state index in [9.17, 15) is 19.8 Å². The number of fused-ring (bicyclic) bond motifs is 1. The van der Waals surface area contributed by atoms with Crippen molar-refractivity contribution in [2.45, 2.75) is 31.7 Å². The molecule has 3 aromatic carbocycles. The van der Waals surface area contributed by atoms with Crippen molar-refractivity contribution in [2.24, 2.45) is 0 Å². The van der Waals surface area contributed by atoms with Crippen molar-refractivity contribution in [3.05, 3.63) is 99.6 Å². The Morgan fingerprint density at radius 3 is 2.36 bits per heavy atom. The molecule has 3 aromatic rings. The van der Waals surface area contributed by atoms with Crippen LogP contribution in [-0.2, 0) is 22.4 Å². The number of aliphatic hydroxyl groups excluding tert-OH is 1. The van der Waals surface area contributed by atoms with Gasteiger partial charge < -0.3 is 10.2 Å².